The molecule has 0 aromatic rings. The Bertz CT molecular complexity index is 780. The molecule has 2 atom stereocenters. The number of rotatable bonds is 45. The van der Waals surface area contributed by atoms with Gasteiger partial charge in [-0.1, -0.05) is 244 Å². The van der Waals surface area contributed by atoms with E-state index in [4.69, 9.17) is 0 Å². The van der Waals surface area contributed by atoms with Crippen molar-refractivity contribution in [2.75, 3.05) is 6.61 Å². The molecule has 0 aromatic heterocycles. The molecule has 0 saturated heterocycles. The molecule has 0 fully saturated rings. The quantitative estimate of drug-likeness (QED) is 0.0428. The van der Waals surface area contributed by atoms with Crippen molar-refractivity contribution in [1.29, 1.82) is 0 Å². The molecule has 0 aromatic carbocycles. The Balaban J connectivity index is 3.38. The average molecular weight is 760 g/mol. The topological polar surface area (TPSA) is 69.6 Å². The van der Waals surface area contributed by atoms with E-state index in [1.807, 2.05) is 0 Å². The summed E-state index contributed by atoms with van der Waals surface area (Å²) in [5, 5.41) is 23.1. The molecule has 0 aliphatic rings. The molecule has 3 N–H and O–H groups in total. The van der Waals surface area contributed by atoms with Crippen LogP contribution in [0.1, 0.15) is 271 Å². The average Bonchev–Trinajstić information content (AvgIpc) is 3.18. The molecule has 0 aliphatic carbocycles. The van der Waals surface area contributed by atoms with Gasteiger partial charge < -0.3 is 15.5 Å². The second kappa shape index (κ2) is 46.3. The second-order valence-electron chi connectivity index (χ2n) is 16.9. The third-order valence-electron chi connectivity index (χ3n) is 11.5. The molecule has 0 radical (unpaired) electrons. The summed E-state index contributed by atoms with van der Waals surface area (Å²) in [6.45, 7) is 4.35. The molecule has 1 amide bonds. The lowest BCUT2D eigenvalue weighted by molar-refractivity contribution is -0.123. The van der Waals surface area contributed by atoms with Crippen molar-refractivity contribution in [3.8, 4) is 0 Å². The van der Waals surface area contributed by atoms with Crippen LogP contribution in [0.15, 0.2) is 24.3 Å². The molecule has 0 spiro atoms. The first-order valence-electron chi connectivity index (χ1n) is 24.5. The van der Waals surface area contributed by atoms with Gasteiger partial charge in [-0.2, -0.15) is 0 Å². The number of allylic oxidation sites excluding steroid dienone is 4. The number of hydrogen-bond donors (Lipinski definition) is 3. The molecule has 0 rings (SSSR count). The first-order chi connectivity index (χ1) is 26.7. The van der Waals surface area contributed by atoms with Crippen molar-refractivity contribution in [3.05, 3.63) is 24.3 Å². The molecule has 0 saturated carbocycles. The lowest BCUT2D eigenvalue weighted by atomic mass is 10.0. The molecule has 0 bridgehead atoms. The summed E-state index contributed by atoms with van der Waals surface area (Å²) in [6, 6.07) is -0.531. The van der Waals surface area contributed by atoms with Crippen LogP contribution in [0.3, 0.4) is 0 Å². The van der Waals surface area contributed by atoms with Gasteiger partial charge in [-0.25, -0.2) is 0 Å². The summed E-state index contributed by atoms with van der Waals surface area (Å²) >= 11 is 0. The number of carbonyl (C=O) groups is 1. The van der Waals surface area contributed by atoms with Crippen LogP contribution in [-0.4, -0.2) is 34.9 Å². The summed E-state index contributed by atoms with van der Waals surface area (Å²) in [5.74, 6) is -0.0308. The summed E-state index contributed by atoms with van der Waals surface area (Å²) in [6.07, 6.45) is 60.1. The summed E-state index contributed by atoms with van der Waals surface area (Å²) in [5.41, 5.74) is 0. The highest BCUT2D eigenvalue weighted by atomic mass is 16.3. The molecular weight excluding hydrogens is 663 g/mol. The van der Waals surface area contributed by atoms with E-state index in [2.05, 4.69) is 43.5 Å². The van der Waals surface area contributed by atoms with Crippen LogP contribution in [0.25, 0.3) is 0 Å². The molecular formula is C50H97NO3. The van der Waals surface area contributed by atoms with Crippen molar-refractivity contribution >= 4 is 5.91 Å². The van der Waals surface area contributed by atoms with Gasteiger partial charge >= 0.3 is 0 Å². The minimum atomic E-state index is -0.654. The van der Waals surface area contributed by atoms with Gasteiger partial charge in [0, 0.05) is 6.42 Å². The number of hydrogen-bond acceptors (Lipinski definition) is 3. The van der Waals surface area contributed by atoms with E-state index in [0.717, 1.165) is 32.1 Å². The van der Waals surface area contributed by atoms with Gasteiger partial charge in [0.25, 0.3) is 0 Å². The van der Waals surface area contributed by atoms with E-state index in [0.29, 0.717) is 12.8 Å². The predicted molar refractivity (Wildman–Crippen MR) is 239 cm³/mol. The van der Waals surface area contributed by atoms with Crippen LogP contribution in [0.2, 0.25) is 0 Å². The number of amides is 1. The lowest BCUT2D eigenvalue weighted by Crippen LogP contribution is -2.45. The number of nitrogens with one attached hydrogen (secondary N) is 1. The first-order valence-corrected chi connectivity index (χ1v) is 24.5. The molecule has 54 heavy (non-hydrogen) atoms. The Labute approximate surface area is 339 Å². The fourth-order valence-corrected chi connectivity index (χ4v) is 7.69. The number of aliphatic hydroxyl groups is 2. The van der Waals surface area contributed by atoms with Crippen molar-refractivity contribution in [2.24, 2.45) is 0 Å². The predicted octanol–water partition coefficient (Wildman–Crippen LogP) is 15.6. The number of carbonyl (C=O) groups excluding carboxylic acids is 1. The normalized spacial score (nSPS) is 13.0. The Kier molecular flexibility index (Phi) is 45.3. The van der Waals surface area contributed by atoms with Crippen LogP contribution < -0.4 is 5.32 Å². The van der Waals surface area contributed by atoms with E-state index in [-0.39, 0.29) is 12.5 Å². The van der Waals surface area contributed by atoms with Crippen LogP contribution in [-0.2, 0) is 4.79 Å². The monoisotopic (exact) mass is 760 g/mol. The molecule has 0 aliphatic heterocycles. The molecule has 0 heterocycles. The van der Waals surface area contributed by atoms with E-state index in [1.165, 1.54) is 212 Å². The van der Waals surface area contributed by atoms with Gasteiger partial charge in [-0.05, 0) is 44.9 Å². The van der Waals surface area contributed by atoms with Crippen molar-refractivity contribution in [1.82, 2.24) is 5.32 Å². The highest BCUT2D eigenvalue weighted by Crippen LogP contribution is 2.16. The zero-order valence-electron chi connectivity index (χ0n) is 36.8. The zero-order chi connectivity index (χ0) is 39.3. The number of aliphatic hydroxyl groups excluding tert-OH is 2. The highest BCUT2D eigenvalue weighted by Gasteiger charge is 2.20. The summed E-state index contributed by atoms with van der Waals surface area (Å²) in [4.78, 5) is 12.4. The largest absolute Gasteiger partial charge is 0.394 e. The van der Waals surface area contributed by atoms with Gasteiger partial charge in [0.1, 0.15) is 0 Å². The minimum absolute atomic E-state index is 0.0308. The molecule has 2 unspecified atom stereocenters. The zero-order valence-corrected chi connectivity index (χ0v) is 36.8. The molecule has 4 nitrogen and oxygen atoms in total. The van der Waals surface area contributed by atoms with E-state index in [9.17, 15) is 15.0 Å². The van der Waals surface area contributed by atoms with Gasteiger partial charge in [0.2, 0.25) is 5.91 Å². The Hall–Kier alpha value is -1.13. The van der Waals surface area contributed by atoms with Gasteiger partial charge in [0.05, 0.1) is 18.8 Å². The van der Waals surface area contributed by atoms with E-state index >= 15 is 0 Å². The van der Waals surface area contributed by atoms with Crippen molar-refractivity contribution < 1.29 is 15.0 Å². The molecule has 320 valence electrons. The third kappa shape index (κ3) is 42.0. The Morgan fingerprint density at radius 2 is 0.759 bits per heavy atom. The van der Waals surface area contributed by atoms with Crippen molar-refractivity contribution in [3.63, 3.8) is 0 Å². The standard InChI is InChI=1S/C50H97NO3/c1-3-5-7-9-11-13-14-15-16-17-18-19-20-21-22-23-24-25-26-27-28-29-30-31-32-33-34-35-36-38-40-42-44-46-50(54)51-48(47-52)49(53)45-43-41-39-37-12-10-8-6-4-2/h18-19,21-22,48-49,52-53H,3-17,20,23-47H2,1-2H3,(H,51,54)/b19-18-,22-21-. The van der Waals surface area contributed by atoms with Crippen LogP contribution in [0.4, 0.5) is 0 Å². The van der Waals surface area contributed by atoms with Crippen LogP contribution in [0.5, 0.6) is 0 Å². The van der Waals surface area contributed by atoms with Crippen LogP contribution >= 0.6 is 0 Å². The fourth-order valence-electron chi connectivity index (χ4n) is 7.69. The minimum Gasteiger partial charge on any atom is -0.394 e. The maximum Gasteiger partial charge on any atom is 0.220 e. The Morgan fingerprint density at radius 1 is 0.444 bits per heavy atom. The third-order valence-corrected chi connectivity index (χ3v) is 11.5. The second-order valence-corrected chi connectivity index (χ2v) is 16.9. The smallest absolute Gasteiger partial charge is 0.220 e. The summed E-state index contributed by atoms with van der Waals surface area (Å²) < 4.78 is 0. The number of unbranched alkanes of at least 4 members (excludes halogenated alkanes) is 34. The lowest BCUT2D eigenvalue weighted by Gasteiger charge is -2.22. The SMILES string of the molecule is CCCCCCCCCCC/C=C\C/C=C\CCCCCCCCCCCCCCCCCCCC(=O)NC(CO)C(O)CCCCCCCCCCC. The fraction of sp³-hybridized carbons (Fsp3) is 0.900. The van der Waals surface area contributed by atoms with E-state index in [1.54, 1.807) is 0 Å². The van der Waals surface area contributed by atoms with Gasteiger partial charge in [-0.3, -0.25) is 4.79 Å². The van der Waals surface area contributed by atoms with E-state index < -0.39 is 12.1 Å². The van der Waals surface area contributed by atoms with Gasteiger partial charge in [0.15, 0.2) is 0 Å². The van der Waals surface area contributed by atoms with Crippen molar-refractivity contribution in [2.45, 2.75) is 283 Å². The maximum atomic E-state index is 12.4. The highest BCUT2D eigenvalue weighted by molar-refractivity contribution is 5.76. The van der Waals surface area contributed by atoms with Gasteiger partial charge in [-0.15, -0.1) is 0 Å². The maximum absolute atomic E-state index is 12.4. The molecule has 4 heteroatoms. The van der Waals surface area contributed by atoms with Crippen LogP contribution in [0, 0.1) is 0 Å². The summed E-state index contributed by atoms with van der Waals surface area (Å²) in [7, 11) is 0. The first kappa shape index (κ1) is 52.9. The Morgan fingerprint density at radius 3 is 1.11 bits per heavy atom.